The number of nitrogens with zero attached hydrogens (tertiary/aromatic N) is 1. The summed E-state index contributed by atoms with van der Waals surface area (Å²) >= 11 is 0. The van der Waals surface area contributed by atoms with Gasteiger partial charge in [0.05, 0.1) is 11.0 Å². The van der Waals surface area contributed by atoms with E-state index in [0.29, 0.717) is 6.54 Å². The molecule has 0 spiro atoms. The lowest BCUT2D eigenvalue weighted by Crippen LogP contribution is -2.31. The molecule has 90 valence electrons. The van der Waals surface area contributed by atoms with Crippen LogP contribution in [0.25, 0.3) is 11.0 Å². The topological polar surface area (TPSA) is 66.9 Å². The number of rotatable bonds is 4. The number of imidazole rings is 1. The van der Waals surface area contributed by atoms with Gasteiger partial charge < -0.3 is 10.3 Å². The molecule has 0 aliphatic heterocycles. The Balaban J connectivity index is 2.26. The molecule has 1 aromatic carbocycles. The molecule has 0 aliphatic carbocycles. The number of fused-ring (bicyclic) bond motifs is 1. The second kappa shape index (κ2) is 4.86. The molecule has 2 rings (SSSR count). The van der Waals surface area contributed by atoms with E-state index in [4.69, 9.17) is 0 Å². The minimum atomic E-state index is -0.252. The predicted octanol–water partition coefficient (Wildman–Crippen LogP) is 0.856. The summed E-state index contributed by atoms with van der Waals surface area (Å²) in [4.78, 5) is 26.0. The molecule has 0 fully saturated rings. The van der Waals surface area contributed by atoms with Crippen LogP contribution in [0.5, 0.6) is 0 Å². The first-order chi connectivity index (χ1) is 8.22. The number of carbonyl (C=O) groups is 1. The van der Waals surface area contributed by atoms with E-state index >= 15 is 0 Å². The van der Waals surface area contributed by atoms with Gasteiger partial charge in [0.1, 0.15) is 6.54 Å². The van der Waals surface area contributed by atoms with Crippen molar-refractivity contribution >= 4 is 16.9 Å². The average Bonchev–Trinajstić information content (AvgIpc) is 2.64. The molecule has 17 heavy (non-hydrogen) atoms. The van der Waals surface area contributed by atoms with Crippen LogP contribution in [0.1, 0.15) is 13.3 Å². The number of para-hydroxylation sites is 2. The van der Waals surface area contributed by atoms with Gasteiger partial charge in [-0.15, -0.1) is 0 Å². The molecule has 0 saturated heterocycles. The molecule has 2 N–H and O–H groups in total. The van der Waals surface area contributed by atoms with Crippen molar-refractivity contribution in [1.82, 2.24) is 14.9 Å². The molecule has 0 saturated carbocycles. The fourth-order valence-corrected chi connectivity index (χ4v) is 1.73. The molecule has 2 aromatic rings. The van der Waals surface area contributed by atoms with Gasteiger partial charge in [-0.25, -0.2) is 4.79 Å². The highest BCUT2D eigenvalue weighted by molar-refractivity contribution is 5.80. The average molecular weight is 233 g/mol. The van der Waals surface area contributed by atoms with E-state index in [2.05, 4.69) is 10.3 Å². The summed E-state index contributed by atoms with van der Waals surface area (Å²) in [5.41, 5.74) is 1.25. The second-order valence-corrected chi connectivity index (χ2v) is 3.88. The summed E-state index contributed by atoms with van der Waals surface area (Å²) in [5, 5.41) is 2.75. The van der Waals surface area contributed by atoms with E-state index in [-0.39, 0.29) is 18.1 Å². The largest absolute Gasteiger partial charge is 0.355 e. The van der Waals surface area contributed by atoms with Crippen molar-refractivity contribution in [1.29, 1.82) is 0 Å². The van der Waals surface area contributed by atoms with Crippen LogP contribution in [-0.2, 0) is 11.3 Å². The van der Waals surface area contributed by atoms with Crippen LogP contribution in [0.2, 0.25) is 0 Å². The number of nitrogens with one attached hydrogen (secondary N) is 2. The fourth-order valence-electron chi connectivity index (χ4n) is 1.73. The first-order valence-corrected chi connectivity index (χ1v) is 5.66. The molecule has 1 aromatic heterocycles. The van der Waals surface area contributed by atoms with Crippen molar-refractivity contribution in [3.8, 4) is 0 Å². The number of hydrogen-bond donors (Lipinski definition) is 2. The highest BCUT2D eigenvalue weighted by atomic mass is 16.2. The fraction of sp³-hybridized carbons (Fsp3) is 0.333. The highest BCUT2D eigenvalue weighted by Gasteiger charge is 2.09. The Bertz CT molecular complexity index is 583. The minimum Gasteiger partial charge on any atom is -0.355 e. The molecule has 5 heteroatoms. The smallest absolute Gasteiger partial charge is 0.326 e. The number of hydrogen-bond acceptors (Lipinski definition) is 2. The Morgan fingerprint density at radius 2 is 2.18 bits per heavy atom. The van der Waals surface area contributed by atoms with E-state index in [1.807, 2.05) is 31.2 Å². The second-order valence-electron chi connectivity index (χ2n) is 3.88. The Morgan fingerprint density at radius 1 is 1.41 bits per heavy atom. The number of benzene rings is 1. The van der Waals surface area contributed by atoms with Gasteiger partial charge in [-0.05, 0) is 18.6 Å². The van der Waals surface area contributed by atoms with Crippen molar-refractivity contribution in [2.24, 2.45) is 0 Å². The lowest BCUT2D eigenvalue weighted by atomic mass is 10.3. The molecule has 0 radical (unpaired) electrons. The van der Waals surface area contributed by atoms with Gasteiger partial charge in [-0.2, -0.15) is 0 Å². The van der Waals surface area contributed by atoms with Crippen LogP contribution in [0, 0.1) is 0 Å². The van der Waals surface area contributed by atoms with E-state index in [1.54, 1.807) is 0 Å². The molecule has 0 aliphatic rings. The number of amides is 1. The van der Waals surface area contributed by atoms with Gasteiger partial charge in [-0.3, -0.25) is 9.36 Å². The maximum absolute atomic E-state index is 11.7. The van der Waals surface area contributed by atoms with Gasteiger partial charge in [0.15, 0.2) is 0 Å². The van der Waals surface area contributed by atoms with Crippen LogP contribution >= 0.6 is 0 Å². The number of aromatic amines is 1. The van der Waals surface area contributed by atoms with Crippen LogP contribution in [-0.4, -0.2) is 22.0 Å². The Morgan fingerprint density at radius 3 is 2.94 bits per heavy atom. The van der Waals surface area contributed by atoms with E-state index in [9.17, 15) is 9.59 Å². The Labute approximate surface area is 98.4 Å². The molecule has 0 unspecified atom stereocenters. The SMILES string of the molecule is CCCNC(=O)Cn1c(=O)[nH]c2ccccc21. The zero-order chi connectivity index (χ0) is 12.3. The van der Waals surface area contributed by atoms with Crippen LogP contribution < -0.4 is 11.0 Å². The third-order valence-corrected chi connectivity index (χ3v) is 2.56. The molecule has 5 nitrogen and oxygen atoms in total. The first kappa shape index (κ1) is 11.4. The number of aromatic nitrogens is 2. The summed E-state index contributed by atoms with van der Waals surface area (Å²) in [6.07, 6.45) is 0.883. The van der Waals surface area contributed by atoms with Crippen LogP contribution in [0.3, 0.4) is 0 Å². The molecule has 0 bridgehead atoms. The highest BCUT2D eigenvalue weighted by Crippen LogP contribution is 2.08. The summed E-state index contributed by atoms with van der Waals surface area (Å²) in [7, 11) is 0. The van der Waals surface area contributed by atoms with Gasteiger partial charge in [0, 0.05) is 6.54 Å². The Kier molecular flexibility index (Phi) is 3.27. The van der Waals surface area contributed by atoms with E-state index < -0.39 is 0 Å². The quantitative estimate of drug-likeness (QED) is 0.822. The standard InChI is InChI=1S/C12H15N3O2/c1-2-7-13-11(16)8-15-10-6-4-3-5-9(10)14-12(15)17/h3-6H,2,7-8H2,1H3,(H,13,16)(H,14,17). The molecular weight excluding hydrogens is 218 g/mol. The van der Waals surface area contributed by atoms with Gasteiger partial charge in [0.2, 0.25) is 5.91 Å². The molecule has 1 amide bonds. The minimum absolute atomic E-state index is 0.0584. The maximum Gasteiger partial charge on any atom is 0.326 e. The number of H-pyrrole nitrogens is 1. The molecule has 0 atom stereocenters. The third-order valence-electron chi connectivity index (χ3n) is 2.56. The number of carbonyl (C=O) groups excluding carboxylic acids is 1. The van der Waals surface area contributed by atoms with E-state index in [1.165, 1.54) is 4.57 Å². The van der Waals surface area contributed by atoms with Gasteiger partial charge >= 0.3 is 5.69 Å². The summed E-state index contributed by atoms with van der Waals surface area (Å²) in [6.45, 7) is 2.68. The summed E-state index contributed by atoms with van der Waals surface area (Å²) < 4.78 is 1.44. The van der Waals surface area contributed by atoms with Crippen molar-refractivity contribution in [2.45, 2.75) is 19.9 Å². The maximum atomic E-state index is 11.7. The van der Waals surface area contributed by atoms with Crippen molar-refractivity contribution in [3.63, 3.8) is 0 Å². The van der Waals surface area contributed by atoms with Crippen molar-refractivity contribution in [2.75, 3.05) is 6.54 Å². The van der Waals surface area contributed by atoms with E-state index in [0.717, 1.165) is 17.5 Å². The normalized spacial score (nSPS) is 10.6. The van der Waals surface area contributed by atoms with Gasteiger partial charge in [0.25, 0.3) is 0 Å². The first-order valence-electron chi connectivity index (χ1n) is 5.66. The summed E-state index contributed by atoms with van der Waals surface area (Å²) in [5.74, 6) is -0.140. The lowest BCUT2D eigenvalue weighted by Gasteiger charge is -2.04. The molecule has 1 heterocycles. The van der Waals surface area contributed by atoms with Crippen molar-refractivity contribution < 1.29 is 4.79 Å². The van der Waals surface area contributed by atoms with Crippen LogP contribution in [0.4, 0.5) is 0 Å². The lowest BCUT2D eigenvalue weighted by molar-refractivity contribution is -0.121. The van der Waals surface area contributed by atoms with Gasteiger partial charge in [-0.1, -0.05) is 19.1 Å². The Hall–Kier alpha value is -2.04. The zero-order valence-electron chi connectivity index (χ0n) is 9.69. The zero-order valence-corrected chi connectivity index (χ0v) is 9.69. The van der Waals surface area contributed by atoms with Crippen molar-refractivity contribution in [3.05, 3.63) is 34.7 Å². The third kappa shape index (κ3) is 2.38. The monoisotopic (exact) mass is 233 g/mol. The predicted molar refractivity (Wildman–Crippen MR) is 65.9 cm³/mol. The van der Waals surface area contributed by atoms with Crippen LogP contribution in [0.15, 0.2) is 29.1 Å². The summed E-state index contributed by atoms with van der Waals surface area (Å²) in [6, 6.07) is 7.33. The molecular formula is C12H15N3O2.